The molecule has 1 fully saturated rings. The summed E-state index contributed by atoms with van der Waals surface area (Å²) in [5.74, 6) is -4.04. The zero-order chi connectivity index (χ0) is 14.2. The van der Waals surface area contributed by atoms with E-state index in [1.165, 1.54) is 6.07 Å². The average molecular weight is 269 g/mol. The molecule has 3 atom stereocenters. The summed E-state index contributed by atoms with van der Waals surface area (Å²) < 4.78 is 26.2. The highest BCUT2D eigenvalue weighted by atomic mass is 19.1. The van der Waals surface area contributed by atoms with Crippen LogP contribution >= 0.6 is 0 Å². The van der Waals surface area contributed by atoms with Crippen LogP contribution in [0.4, 0.5) is 8.78 Å². The van der Waals surface area contributed by atoms with Crippen LogP contribution in [0.25, 0.3) is 0 Å². The molecule has 1 unspecified atom stereocenters. The van der Waals surface area contributed by atoms with Gasteiger partial charge in [0.05, 0.1) is 17.9 Å². The maximum Gasteiger partial charge on any atom is 0.307 e. The molecule has 1 saturated carbocycles. The van der Waals surface area contributed by atoms with Gasteiger partial charge in [-0.05, 0) is 19.4 Å². The summed E-state index contributed by atoms with van der Waals surface area (Å²) in [6, 6.07) is 2.48. The van der Waals surface area contributed by atoms with Crippen molar-refractivity contribution < 1.29 is 23.5 Å². The Morgan fingerprint density at radius 3 is 2.58 bits per heavy atom. The Bertz CT molecular complexity index is 533. The van der Waals surface area contributed by atoms with Gasteiger partial charge in [-0.1, -0.05) is 6.07 Å². The average Bonchev–Trinajstić information content (AvgIpc) is 3.08. The molecule has 19 heavy (non-hydrogen) atoms. The van der Waals surface area contributed by atoms with Gasteiger partial charge in [0.1, 0.15) is 11.6 Å². The molecule has 0 aromatic heterocycles. The number of nitrogens with one attached hydrogen (secondary N) is 1. The van der Waals surface area contributed by atoms with Crippen molar-refractivity contribution in [2.45, 2.75) is 19.4 Å². The Morgan fingerprint density at radius 2 is 2.05 bits per heavy atom. The van der Waals surface area contributed by atoms with Crippen molar-refractivity contribution in [3.63, 3.8) is 0 Å². The molecule has 0 radical (unpaired) electrons. The number of carbonyl (C=O) groups excluding carboxylic acids is 1. The maximum atomic E-state index is 13.5. The van der Waals surface area contributed by atoms with Crippen molar-refractivity contribution in [2.75, 3.05) is 0 Å². The smallest absolute Gasteiger partial charge is 0.307 e. The molecule has 1 amide bonds. The molecule has 2 N–H and O–H groups in total. The number of rotatable bonds is 4. The van der Waals surface area contributed by atoms with Gasteiger partial charge in [-0.15, -0.1) is 0 Å². The number of halogens is 2. The Kier molecular flexibility index (Phi) is 3.50. The van der Waals surface area contributed by atoms with E-state index in [1.54, 1.807) is 6.92 Å². The number of hydrogen-bond donors (Lipinski definition) is 2. The fourth-order valence-electron chi connectivity index (χ4n) is 2.01. The van der Waals surface area contributed by atoms with Crippen LogP contribution < -0.4 is 5.32 Å². The Balaban J connectivity index is 2.00. The lowest BCUT2D eigenvalue weighted by Crippen LogP contribution is -2.29. The maximum absolute atomic E-state index is 13.5. The minimum absolute atomic E-state index is 0.169. The van der Waals surface area contributed by atoms with Gasteiger partial charge in [0.2, 0.25) is 5.91 Å². The molecule has 0 spiro atoms. The van der Waals surface area contributed by atoms with Crippen molar-refractivity contribution >= 4 is 11.9 Å². The molecule has 102 valence electrons. The fraction of sp³-hybridized carbons (Fsp3) is 0.385. The Labute approximate surface area is 108 Å². The molecule has 4 nitrogen and oxygen atoms in total. The third-order valence-electron chi connectivity index (χ3n) is 3.23. The van der Waals surface area contributed by atoms with Gasteiger partial charge in [-0.25, -0.2) is 8.78 Å². The van der Waals surface area contributed by atoms with Gasteiger partial charge in [-0.2, -0.15) is 0 Å². The highest BCUT2D eigenvalue weighted by molar-refractivity contribution is 5.89. The molecular formula is C13H13F2NO3. The number of carbonyl (C=O) groups is 2. The van der Waals surface area contributed by atoms with E-state index in [0.29, 0.717) is 6.42 Å². The zero-order valence-corrected chi connectivity index (χ0v) is 10.2. The number of hydrogen-bond acceptors (Lipinski definition) is 2. The van der Waals surface area contributed by atoms with Gasteiger partial charge < -0.3 is 10.4 Å². The van der Waals surface area contributed by atoms with E-state index in [4.69, 9.17) is 5.11 Å². The lowest BCUT2D eigenvalue weighted by molar-refractivity contribution is -0.140. The van der Waals surface area contributed by atoms with E-state index in [-0.39, 0.29) is 5.56 Å². The van der Waals surface area contributed by atoms with Crippen LogP contribution in [0.15, 0.2) is 18.2 Å². The van der Waals surface area contributed by atoms with Crippen LogP contribution in [0.1, 0.15) is 24.9 Å². The number of carboxylic acid groups (broad SMARTS) is 1. The molecule has 1 aromatic carbocycles. The van der Waals surface area contributed by atoms with Crippen LogP contribution in [0, 0.1) is 23.5 Å². The zero-order valence-electron chi connectivity index (χ0n) is 10.2. The largest absolute Gasteiger partial charge is 0.481 e. The first-order chi connectivity index (χ1) is 8.90. The van der Waals surface area contributed by atoms with Gasteiger partial charge in [0.15, 0.2) is 0 Å². The third-order valence-corrected chi connectivity index (χ3v) is 3.23. The molecule has 0 bridgehead atoms. The van der Waals surface area contributed by atoms with E-state index >= 15 is 0 Å². The number of benzene rings is 1. The summed E-state index contributed by atoms with van der Waals surface area (Å²) >= 11 is 0. The van der Waals surface area contributed by atoms with E-state index in [1.807, 2.05) is 0 Å². The van der Waals surface area contributed by atoms with Crippen molar-refractivity contribution in [3.05, 3.63) is 35.4 Å². The minimum Gasteiger partial charge on any atom is -0.481 e. The van der Waals surface area contributed by atoms with E-state index < -0.39 is 41.4 Å². The molecular weight excluding hydrogens is 256 g/mol. The summed E-state index contributed by atoms with van der Waals surface area (Å²) in [4.78, 5) is 22.4. The predicted octanol–water partition coefficient (Wildman–Crippen LogP) is 1.86. The Morgan fingerprint density at radius 1 is 1.37 bits per heavy atom. The predicted molar refractivity (Wildman–Crippen MR) is 62.1 cm³/mol. The molecule has 0 aliphatic heterocycles. The van der Waals surface area contributed by atoms with Gasteiger partial charge in [0, 0.05) is 11.6 Å². The molecule has 6 heteroatoms. The lowest BCUT2D eigenvalue weighted by atomic mass is 10.1. The van der Waals surface area contributed by atoms with Gasteiger partial charge in [0.25, 0.3) is 0 Å². The summed E-state index contributed by atoms with van der Waals surface area (Å²) in [7, 11) is 0. The third kappa shape index (κ3) is 2.89. The fourth-order valence-corrected chi connectivity index (χ4v) is 2.01. The number of carboxylic acids is 1. The summed E-state index contributed by atoms with van der Waals surface area (Å²) in [5.41, 5.74) is 0.169. The van der Waals surface area contributed by atoms with Crippen molar-refractivity contribution in [2.24, 2.45) is 11.8 Å². The van der Waals surface area contributed by atoms with Crippen molar-refractivity contribution in [1.29, 1.82) is 0 Å². The Hall–Kier alpha value is -1.98. The van der Waals surface area contributed by atoms with Gasteiger partial charge >= 0.3 is 5.97 Å². The van der Waals surface area contributed by atoms with E-state index in [2.05, 4.69) is 5.32 Å². The van der Waals surface area contributed by atoms with Crippen LogP contribution in [0.2, 0.25) is 0 Å². The first-order valence-electron chi connectivity index (χ1n) is 5.88. The molecule has 1 aliphatic carbocycles. The quantitative estimate of drug-likeness (QED) is 0.876. The van der Waals surface area contributed by atoms with Gasteiger partial charge in [-0.3, -0.25) is 9.59 Å². The van der Waals surface area contributed by atoms with Crippen molar-refractivity contribution in [1.82, 2.24) is 5.32 Å². The van der Waals surface area contributed by atoms with Crippen LogP contribution in [-0.2, 0) is 9.59 Å². The monoisotopic (exact) mass is 269 g/mol. The number of amides is 1. The van der Waals surface area contributed by atoms with E-state index in [9.17, 15) is 18.4 Å². The molecule has 1 aliphatic rings. The summed E-state index contributed by atoms with van der Waals surface area (Å²) in [6.07, 6.45) is 0.305. The normalized spacial score (nSPS) is 22.7. The van der Waals surface area contributed by atoms with Crippen LogP contribution in [0.3, 0.4) is 0 Å². The summed E-state index contributed by atoms with van der Waals surface area (Å²) in [6.45, 7) is 1.56. The second-order valence-corrected chi connectivity index (χ2v) is 4.68. The minimum atomic E-state index is -0.999. The first kappa shape index (κ1) is 13.5. The first-order valence-corrected chi connectivity index (χ1v) is 5.88. The van der Waals surface area contributed by atoms with E-state index in [0.717, 1.165) is 12.1 Å². The summed E-state index contributed by atoms with van der Waals surface area (Å²) in [5, 5.41) is 11.3. The molecule has 0 heterocycles. The lowest BCUT2D eigenvalue weighted by Gasteiger charge is -2.15. The number of aliphatic carboxylic acids is 1. The second kappa shape index (κ2) is 4.95. The highest BCUT2D eigenvalue weighted by Crippen LogP contribution is 2.39. The standard InChI is InChI=1S/C13H13F2NO3/c1-6(8-3-2-7(14)4-11(8)15)16-12(17)9-5-10(9)13(18)19/h2-4,6,9-10H,5H2,1H3,(H,16,17)(H,18,19)/t6?,9-,10+/m1/s1. The molecule has 0 saturated heterocycles. The van der Waals surface area contributed by atoms with Crippen LogP contribution in [0.5, 0.6) is 0 Å². The van der Waals surface area contributed by atoms with Crippen LogP contribution in [-0.4, -0.2) is 17.0 Å². The molecule has 1 aromatic rings. The SMILES string of the molecule is CC(NC(=O)[C@@H]1C[C@@H]1C(=O)O)c1ccc(F)cc1F. The second-order valence-electron chi connectivity index (χ2n) is 4.68. The molecule has 2 rings (SSSR count). The topological polar surface area (TPSA) is 66.4 Å². The highest BCUT2D eigenvalue weighted by Gasteiger charge is 2.48. The van der Waals surface area contributed by atoms with Crippen molar-refractivity contribution in [3.8, 4) is 0 Å².